The predicted octanol–water partition coefficient (Wildman–Crippen LogP) is 4.11. The summed E-state index contributed by atoms with van der Waals surface area (Å²) in [5, 5.41) is 14.6. The highest BCUT2D eigenvalue weighted by Gasteiger charge is 2.39. The van der Waals surface area contributed by atoms with Gasteiger partial charge in [0.2, 0.25) is 0 Å². The van der Waals surface area contributed by atoms with Gasteiger partial charge >= 0.3 is 11.9 Å². The number of carbonyl (C=O) groups is 2. The van der Waals surface area contributed by atoms with E-state index in [4.69, 9.17) is 9.47 Å². The molecule has 2 aliphatic heterocycles. The first-order chi connectivity index (χ1) is 18.2. The van der Waals surface area contributed by atoms with Crippen molar-refractivity contribution in [3.8, 4) is 0 Å². The lowest BCUT2D eigenvalue weighted by molar-refractivity contribution is -0.384. The molecule has 2 aliphatic rings. The second kappa shape index (κ2) is 11.6. The van der Waals surface area contributed by atoms with Crippen LogP contribution in [0.25, 0.3) is 0 Å². The van der Waals surface area contributed by atoms with Crippen molar-refractivity contribution in [2.45, 2.75) is 45.1 Å². The monoisotopic (exact) mass is 522 g/mol. The van der Waals surface area contributed by atoms with Gasteiger partial charge < -0.3 is 19.4 Å². The van der Waals surface area contributed by atoms with Gasteiger partial charge in [-0.1, -0.05) is 18.6 Å². The number of nitro benzene ring substituents is 1. The first-order valence-corrected chi connectivity index (χ1v) is 12.8. The van der Waals surface area contributed by atoms with Crippen LogP contribution in [0.3, 0.4) is 0 Å². The van der Waals surface area contributed by atoms with Crippen LogP contribution in [-0.4, -0.2) is 53.1 Å². The van der Waals surface area contributed by atoms with Crippen LogP contribution in [0.5, 0.6) is 0 Å². The van der Waals surface area contributed by atoms with Gasteiger partial charge in [0.15, 0.2) is 6.10 Å². The van der Waals surface area contributed by atoms with Crippen molar-refractivity contribution in [3.05, 3.63) is 86.5 Å². The SMILES string of the molecule is COC(=O)C1=C(C)NC(C)=C(C(=O)OC(CN2CCCCC2)c2cccn2C)C1c1cccc([N+](=O)[O-])c1. The Bertz CT molecular complexity index is 1290. The molecule has 1 N–H and O–H groups in total. The summed E-state index contributed by atoms with van der Waals surface area (Å²) >= 11 is 0. The van der Waals surface area contributed by atoms with E-state index in [-0.39, 0.29) is 16.8 Å². The quantitative estimate of drug-likeness (QED) is 0.313. The first kappa shape index (κ1) is 27.1. The van der Waals surface area contributed by atoms with Gasteiger partial charge in [-0.05, 0) is 57.5 Å². The molecule has 2 unspecified atom stereocenters. The molecule has 10 nitrogen and oxygen atoms in total. The molecule has 0 saturated carbocycles. The number of nitrogens with zero attached hydrogens (tertiary/aromatic N) is 3. The zero-order valence-corrected chi connectivity index (χ0v) is 22.2. The van der Waals surface area contributed by atoms with Crippen molar-refractivity contribution < 1.29 is 24.0 Å². The highest BCUT2D eigenvalue weighted by atomic mass is 16.6. The number of carbonyl (C=O) groups excluding carboxylic acids is 2. The molecule has 0 spiro atoms. The summed E-state index contributed by atoms with van der Waals surface area (Å²) in [7, 11) is 3.17. The van der Waals surface area contributed by atoms with Crippen molar-refractivity contribution in [2.75, 3.05) is 26.7 Å². The van der Waals surface area contributed by atoms with Crippen LogP contribution >= 0.6 is 0 Å². The molecule has 0 bridgehead atoms. The highest BCUT2D eigenvalue weighted by molar-refractivity contribution is 6.00. The summed E-state index contributed by atoms with van der Waals surface area (Å²) in [6.07, 6.45) is 4.76. The molecular weight excluding hydrogens is 488 g/mol. The Kier molecular flexibility index (Phi) is 8.31. The summed E-state index contributed by atoms with van der Waals surface area (Å²) in [6, 6.07) is 9.81. The normalized spacial score (nSPS) is 19.1. The molecule has 38 heavy (non-hydrogen) atoms. The van der Waals surface area contributed by atoms with Gasteiger partial charge in [-0.25, -0.2) is 9.59 Å². The molecule has 1 aromatic carbocycles. The van der Waals surface area contributed by atoms with Crippen LogP contribution in [0.15, 0.2) is 65.1 Å². The Morgan fingerprint density at radius 3 is 2.37 bits per heavy atom. The average Bonchev–Trinajstić information content (AvgIpc) is 3.33. The number of dihydropyridines is 1. The molecule has 0 radical (unpaired) electrons. The summed E-state index contributed by atoms with van der Waals surface area (Å²) in [5.74, 6) is -2.12. The summed E-state index contributed by atoms with van der Waals surface area (Å²) in [5.41, 5.74) is 2.59. The van der Waals surface area contributed by atoms with E-state index in [1.165, 1.54) is 25.7 Å². The number of methoxy groups -OCH3 is 1. The number of ether oxygens (including phenoxy) is 2. The summed E-state index contributed by atoms with van der Waals surface area (Å²) < 4.78 is 13.2. The minimum atomic E-state index is -0.903. The average molecular weight is 523 g/mol. The van der Waals surface area contributed by atoms with E-state index in [2.05, 4.69) is 10.2 Å². The predicted molar refractivity (Wildman–Crippen MR) is 141 cm³/mol. The fraction of sp³-hybridized carbons (Fsp3) is 0.429. The molecule has 0 aliphatic carbocycles. The molecule has 2 aromatic rings. The lowest BCUT2D eigenvalue weighted by atomic mass is 9.80. The Morgan fingerprint density at radius 1 is 1.08 bits per heavy atom. The van der Waals surface area contributed by atoms with Crippen molar-refractivity contribution >= 4 is 17.6 Å². The number of rotatable bonds is 8. The van der Waals surface area contributed by atoms with E-state index in [1.54, 1.807) is 26.0 Å². The van der Waals surface area contributed by atoms with Crippen molar-refractivity contribution in [3.63, 3.8) is 0 Å². The van der Waals surface area contributed by atoms with Crippen LogP contribution in [0.4, 0.5) is 5.69 Å². The number of hydrogen-bond acceptors (Lipinski definition) is 8. The number of nitro groups is 1. The van der Waals surface area contributed by atoms with E-state index in [1.807, 2.05) is 29.9 Å². The maximum absolute atomic E-state index is 14.0. The molecule has 3 heterocycles. The van der Waals surface area contributed by atoms with Crippen molar-refractivity contribution in [1.29, 1.82) is 0 Å². The first-order valence-electron chi connectivity index (χ1n) is 12.8. The summed E-state index contributed by atoms with van der Waals surface area (Å²) in [6.45, 7) is 5.87. The third-order valence-corrected chi connectivity index (χ3v) is 7.24. The Morgan fingerprint density at radius 2 is 1.76 bits per heavy atom. The number of esters is 2. The topological polar surface area (TPSA) is 116 Å². The molecule has 1 aromatic heterocycles. The van der Waals surface area contributed by atoms with Crippen LogP contribution < -0.4 is 5.32 Å². The Labute approximate surface area is 222 Å². The molecule has 0 amide bonds. The second-order valence-corrected chi connectivity index (χ2v) is 9.78. The van der Waals surface area contributed by atoms with E-state index >= 15 is 0 Å². The van der Waals surface area contributed by atoms with Gasteiger partial charge in [-0.15, -0.1) is 0 Å². The number of non-ortho nitro benzene ring substituents is 1. The lowest BCUT2D eigenvalue weighted by Crippen LogP contribution is -2.37. The van der Waals surface area contributed by atoms with Crippen LogP contribution in [0, 0.1) is 10.1 Å². The van der Waals surface area contributed by atoms with Crippen molar-refractivity contribution in [1.82, 2.24) is 14.8 Å². The molecule has 202 valence electrons. The van der Waals surface area contributed by atoms with Gasteiger partial charge in [0.1, 0.15) is 0 Å². The van der Waals surface area contributed by atoms with E-state index < -0.39 is 28.9 Å². The molecule has 4 rings (SSSR count). The fourth-order valence-electron chi connectivity index (χ4n) is 5.37. The van der Waals surface area contributed by atoms with Gasteiger partial charge in [0.05, 0.1) is 34.8 Å². The van der Waals surface area contributed by atoms with Crippen molar-refractivity contribution in [2.24, 2.45) is 7.05 Å². The maximum atomic E-state index is 14.0. The standard InChI is InChI=1S/C28H34N4O6/c1-18-24(27(33)37-4)26(20-10-8-11-21(16-20)32(35)36)25(19(2)29-18)28(34)38-23(22-12-9-13-30(22)3)17-31-14-6-5-7-15-31/h8-13,16,23,26,29H,5-7,14-15,17H2,1-4H3. The second-order valence-electron chi connectivity index (χ2n) is 9.78. The van der Waals surface area contributed by atoms with E-state index in [0.29, 0.717) is 23.5 Å². The number of piperidine rings is 1. The van der Waals surface area contributed by atoms with Gasteiger partial charge in [-0.2, -0.15) is 0 Å². The van der Waals surface area contributed by atoms with Crippen LogP contribution in [0.2, 0.25) is 0 Å². The number of aryl methyl sites for hydroxylation is 1. The summed E-state index contributed by atoms with van der Waals surface area (Å²) in [4.78, 5) is 40.2. The van der Waals surface area contributed by atoms with E-state index in [0.717, 1.165) is 31.6 Å². The maximum Gasteiger partial charge on any atom is 0.337 e. The Hall–Kier alpha value is -3.92. The minimum Gasteiger partial charge on any atom is -0.466 e. The zero-order chi connectivity index (χ0) is 27.4. The number of nitrogens with one attached hydrogen (secondary N) is 1. The lowest BCUT2D eigenvalue weighted by Gasteiger charge is -2.33. The smallest absolute Gasteiger partial charge is 0.337 e. The third kappa shape index (κ3) is 5.65. The van der Waals surface area contributed by atoms with Gasteiger partial charge in [0.25, 0.3) is 5.69 Å². The number of hydrogen-bond donors (Lipinski definition) is 1. The van der Waals surface area contributed by atoms with Crippen LogP contribution in [0.1, 0.15) is 56.4 Å². The molecule has 2 atom stereocenters. The largest absolute Gasteiger partial charge is 0.466 e. The van der Waals surface area contributed by atoms with Gasteiger partial charge in [-0.3, -0.25) is 15.0 Å². The third-order valence-electron chi connectivity index (χ3n) is 7.24. The fourth-order valence-corrected chi connectivity index (χ4v) is 5.37. The number of benzene rings is 1. The molecule has 1 fully saturated rings. The molecule has 10 heteroatoms. The Balaban J connectivity index is 1.74. The zero-order valence-electron chi connectivity index (χ0n) is 22.2. The number of likely N-dealkylation sites (tertiary alicyclic amines) is 1. The highest BCUT2D eigenvalue weighted by Crippen LogP contribution is 2.41. The number of allylic oxidation sites excluding steroid dienone is 2. The van der Waals surface area contributed by atoms with Gasteiger partial charge in [0, 0.05) is 43.3 Å². The van der Waals surface area contributed by atoms with E-state index in [9.17, 15) is 19.7 Å². The number of aromatic nitrogens is 1. The van der Waals surface area contributed by atoms with Crippen LogP contribution in [-0.2, 0) is 26.1 Å². The molecular formula is C28H34N4O6. The molecule has 1 saturated heterocycles. The minimum absolute atomic E-state index is 0.139.